The quantitative estimate of drug-likeness (QED) is 0.802. The predicted octanol–water partition coefficient (Wildman–Crippen LogP) is 2.00. The van der Waals surface area contributed by atoms with Gasteiger partial charge in [0.2, 0.25) is 0 Å². The van der Waals surface area contributed by atoms with Gasteiger partial charge in [0, 0.05) is 25.7 Å². The van der Waals surface area contributed by atoms with Crippen LogP contribution in [-0.4, -0.2) is 42.3 Å². The van der Waals surface area contributed by atoms with Crippen LogP contribution in [0, 0.1) is 5.92 Å². The minimum Gasteiger partial charge on any atom is -0.370 e. The molecule has 1 aliphatic heterocycles. The third-order valence-electron chi connectivity index (χ3n) is 4.10. The lowest BCUT2D eigenvalue weighted by Crippen LogP contribution is -2.54. The van der Waals surface area contributed by atoms with Crippen LogP contribution in [0.15, 0.2) is 0 Å². The van der Waals surface area contributed by atoms with Crippen molar-refractivity contribution in [2.45, 2.75) is 64.2 Å². The van der Waals surface area contributed by atoms with Crippen molar-refractivity contribution in [3.8, 4) is 0 Å². The zero-order valence-corrected chi connectivity index (χ0v) is 11.6. The third-order valence-corrected chi connectivity index (χ3v) is 4.10. The van der Waals surface area contributed by atoms with Gasteiger partial charge >= 0.3 is 0 Å². The Morgan fingerprint density at radius 3 is 2.65 bits per heavy atom. The van der Waals surface area contributed by atoms with Crippen molar-refractivity contribution < 1.29 is 4.74 Å². The second-order valence-corrected chi connectivity index (χ2v) is 6.59. The number of nitrogens with two attached hydrogens (primary N) is 1. The molecule has 0 bridgehead atoms. The summed E-state index contributed by atoms with van der Waals surface area (Å²) in [5.41, 5.74) is 6.24. The minimum atomic E-state index is -0.00354. The van der Waals surface area contributed by atoms with Crippen LogP contribution >= 0.6 is 0 Å². The van der Waals surface area contributed by atoms with Crippen molar-refractivity contribution in [1.29, 1.82) is 0 Å². The van der Waals surface area contributed by atoms with Gasteiger partial charge in [0.15, 0.2) is 0 Å². The van der Waals surface area contributed by atoms with Crippen LogP contribution in [-0.2, 0) is 4.74 Å². The lowest BCUT2D eigenvalue weighted by molar-refractivity contribution is -0.132. The second kappa shape index (κ2) is 5.25. The predicted molar refractivity (Wildman–Crippen MR) is 71.0 cm³/mol. The average molecular weight is 240 g/mol. The summed E-state index contributed by atoms with van der Waals surface area (Å²) in [6, 6.07) is 0.421. The number of hydrogen-bond acceptors (Lipinski definition) is 3. The number of morpholine rings is 1. The van der Waals surface area contributed by atoms with E-state index >= 15 is 0 Å². The normalized spacial score (nSPS) is 39.2. The van der Waals surface area contributed by atoms with Crippen LogP contribution in [0.5, 0.6) is 0 Å². The van der Waals surface area contributed by atoms with Crippen LogP contribution in [0.4, 0.5) is 0 Å². The lowest BCUT2D eigenvalue weighted by Gasteiger charge is -2.44. The van der Waals surface area contributed by atoms with Crippen molar-refractivity contribution in [2.24, 2.45) is 11.7 Å². The molecule has 0 radical (unpaired) electrons. The molecule has 3 atom stereocenters. The summed E-state index contributed by atoms with van der Waals surface area (Å²) in [7, 11) is 0. The van der Waals surface area contributed by atoms with Crippen molar-refractivity contribution in [1.82, 2.24) is 4.90 Å². The highest BCUT2D eigenvalue weighted by atomic mass is 16.5. The zero-order valence-electron chi connectivity index (χ0n) is 11.6. The van der Waals surface area contributed by atoms with E-state index in [0.29, 0.717) is 18.1 Å². The van der Waals surface area contributed by atoms with E-state index in [0.717, 1.165) is 19.6 Å². The van der Waals surface area contributed by atoms with E-state index in [1.165, 1.54) is 25.7 Å². The summed E-state index contributed by atoms with van der Waals surface area (Å²) < 4.78 is 5.95. The maximum absolute atomic E-state index is 6.24. The summed E-state index contributed by atoms with van der Waals surface area (Å²) in [6.07, 6.45) is 5.56. The van der Waals surface area contributed by atoms with E-state index < -0.39 is 0 Å². The SMILES string of the molecule is CC1CN(CC2CCCCC2N)CC(C)(C)O1. The maximum atomic E-state index is 6.24. The van der Waals surface area contributed by atoms with Crippen molar-refractivity contribution >= 4 is 0 Å². The molecule has 2 rings (SSSR count). The molecule has 17 heavy (non-hydrogen) atoms. The standard InChI is InChI=1S/C14H28N2O/c1-11-8-16(10-14(2,3)17-11)9-12-6-4-5-7-13(12)15/h11-13H,4-10,15H2,1-3H3. The molecular formula is C14H28N2O. The monoisotopic (exact) mass is 240 g/mol. The van der Waals surface area contributed by atoms with Crippen LogP contribution in [0.1, 0.15) is 46.5 Å². The molecule has 0 amide bonds. The van der Waals surface area contributed by atoms with E-state index in [-0.39, 0.29) is 5.60 Å². The summed E-state index contributed by atoms with van der Waals surface area (Å²) in [6.45, 7) is 9.83. The van der Waals surface area contributed by atoms with Crippen molar-refractivity contribution in [3.63, 3.8) is 0 Å². The Morgan fingerprint density at radius 2 is 2.00 bits per heavy atom. The van der Waals surface area contributed by atoms with E-state index in [2.05, 4.69) is 25.7 Å². The van der Waals surface area contributed by atoms with Gasteiger partial charge in [-0.25, -0.2) is 0 Å². The topological polar surface area (TPSA) is 38.5 Å². The van der Waals surface area contributed by atoms with E-state index in [9.17, 15) is 0 Å². The van der Waals surface area contributed by atoms with Gasteiger partial charge in [-0.1, -0.05) is 12.8 Å². The van der Waals surface area contributed by atoms with Crippen molar-refractivity contribution in [3.05, 3.63) is 0 Å². The number of hydrogen-bond donors (Lipinski definition) is 1. The Labute approximate surface area is 106 Å². The summed E-state index contributed by atoms with van der Waals surface area (Å²) >= 11 is 0. The molecule has 3 heteroatoms. The zero-order chi connectivity index (χ0) is 12.5. The van der Waals surface area contributed by atoms with Gasteiger partial charge in [-0.2, -0.15) is 0 Å². The highest BCUT2D eigenvalue weighted by Crippen LogP contribution is 2.27. The Hall–Kier alpha value is -0.120. The van der Waals surface area contributed by atoms with Gasteiger partial charge in [-0.15, -0.1) is 0 Å². The average Bonchev–Trinajstić information content (AvgIpc) is 2.18. The Bertz CT molecular complexity index is 255. The highest BCUT2D eigenvalue weighted by Gasteiger charge is 2.33. The highest BCUT2D eigenvalue weighted by molar-refractivity contribution is 4.86. The van der Waals surface area contributed by atoms with Gasteiger partial charge in [-0.05, 0) is 39.5 Å². The lowest BCUT2D eigenvalue weighted by atomic mass is 9.84. The molecule has 3 unspecified atom stereocenters. The molecule has 0 spiro atoms. The van der Waals surface area contributed by atoms with Crippen LogP contribution < -0.4 is 5.73 Å². The molecule has 2 fully saturated rings. The summed E-state index contributed by atoms with van der Waals surface area (Å²) in [5.74, 6) is 0.699. The Kier molecular flexibility index (Phi) is 4.11. The molecule has 1 saturated heterocycles. The van der Waals surface area contributed by atoms with Crippen LogP contribution in [0.2, 0.25) is 0 Å². The molecule has 3 nitrogen and oxygen atoms in total. The minimum absolute atomic E-state index is 0.00354. The molecular weight excluding hydrogens is 212 g/mol. The van der Waals surface area contributed by atoms with Gasteiger partial charge in [0.25, 0.3) is 0 Å². The molecule has 2 N–H and O–H groups in total. The molecule has 100 valence electrons. The summed E-state index contributed by atoms with van der Waals surface area (Å²) in [5, 5.41) is 0. The smallest absolute Gasteiger partial charge is 0.0757 e. The molecule has 1 saturated carbocycles. The fourth-order valence-corrected chi connectivity index (χ4v) is 3.52. The third kappa shape index (κ3) is 3.67. The van der Waals surface area contributed by atoms with Crippen molar-refractivity contribution in [2.75, 3.05) is 19.6 Å². The fourth-order valence-electron chi connectivity index (χ4n) is 3.52. The molecule has 0 aromatic rings. The first-order chi connectivity index (χ1) is 7.96. The first-order valence-corrected chi connectivity index (χ1v) is 7.12. The van der Waals surface area contributed by atoms with Gasteiger partial charge in [0.05, 0.1) is 11.7 Å². The van der Waals surface area contributed by atoms with E-state index in [4.69, 9.17) is 10.5 Å². The maximum Gasteiger partial charge on any atom is 0.0757 e. The number of nitrogens with zero attached hydrogens (tertiary/aromatic N) is 1. The number of rotatable bonds is 2. The van der Waals surface area contributed by atoms with Gasteiger partial charge < -0.3 is 10.5 Å². The molecule has 0 aromatic carbocycles. The molecule has 0 aromatic heterocycles. The Morgan fingerprint density at radius 1 is 1.29 bits per heavy atom. The molecule has 2 aliphatic rings. The van der Waals surface area contributed by atoms with E-state index in [1.807, 2.05) is 0 Å². The fraction of sp³-hybridized carbons (Fsp3) is 1.00. The Balaban J connectivity index is 1.89. The number of ether oxygens (including phenoxy) is 1. The van der Waals surface area contributed by atoms with Crippen LogP contribution in [0.3, 0.4) is 0 Å². The first kappa shape index (κ1) is 13.3. The largest absolute Gasteiger partial charge is 0.370 e. The first-order valence-electron chi connectivity index (χ1n) is 7.12. The molecule has 1 heterocycles. The molecule has 1 aliphatic carbocycles. The van der Waals surface area contributed by atoms with Crippen LogP contribution in [0.25, 0.3) is 0 Å². The second-order valence-electron chi connectivity index (χ2n) is 6.59. The van der Waals surface area contributed by atoms with Gasteiger partial charge in [-0.3, -0.25) is 4.90 Å². The summed E-state index contributed by atoms with van der Waals surface area (Å²) in [4.78, 5) is 2.56. The van der Waals surface area contributed by atoms with Gasteiger partial charge in [0.1, 0.15) is 0 Å². The van der Waals surface area contributed by atoms with E-state index in [1.54, 1.807) is 0 Å².